The van der Waals surface area contributed by atoms with Crippen LogP contribution in [0.5, 0.6) is 0 Å². The number of rotatable bonds is 47. The van der Waals surface area contributed by atoms with Crippen LogP contribution in [0.15, 0.2) is 60.8 Å². The fourth-order valence-electron chi connectivity index (χ4n) is 7.18. The molecule has 0 bridgehead atoms. The Morgan fingerprint density at radius 1 is 0.367 bits per heavy atom. The third-order valence-electron chi connectivity index (χ3n) is 11.1. The van der Waals surface area contributed by atoms with Crippen molar-refractivity contribution in [2.24, 2.45) is 0 Å². The molecule has 0 amide bonds. The molecule has 0 saturated heterocycles. The van der Waals surface area contributed by atoms with Crippen LogP contribution in [-0.2, 0) is 23.8 Å². The zero-order chi connectivity index (χ0) is 43.5. The van der Waals surface area contributed by atoms with E-state index < -0.39 is 6.10 Å². The smallest absolute Gasteiger partial charge is 0.305 e. The Morgan fingerprint density at radius 3 is 1.13 bits per heavy atom. The van der Waals surface area contributed by atoms with Crippen molar-refractivity contribution >= 4 is 11.9 Å². The van der Waals surface area contributed by atoms with Crippen LogP contribution >= 0.6 is 0 Å². The zero-order valence-corrected chi connectivity index (χ0v) is 40.0. The largest absolute Gasteiger partial charge is 0.463 e. The van der Waals surface area contributed by atoms with Gasteiger partial charge in [0, 0.05) is 19.4 Å². The van der Waals surface area contributed by atoms with E-state index in [1.165, 1.54) is 135 Å². The van der Waals surface area contributed by atoms with Gasteiger partial charge in [-0.2, -0.15) is 0 Å². The lowest BCUT2D eigenvalue weighted by atomic mass is 10.0. The zero-order valence-electron chi connectivity index (χ0n) is 40.0. The SMILES string of the molecule is CC/C=C\C/C=C\C/C=C\C/C=C\CCCCC(=O)OC[C@H](COC(=O)CCCCCCC/C=C\CCCCCC)OCCCCCCCCCCCCCCCCCC. The first-order valence-electron chi connectivity index (χ1n) is 25.8. The van der Waals surface area contributed by atoms with Gasteiger partial charge >= 0.3 is 11.9 Å². The molecule has 0 aromatic heterocycles. The minimum Gasteiger partial charge on any atom is -0.463 e. The van der Waals surface area contributed by atoms with Crippen molar-refractivity contribution in [3.8, 4) is 0 Å². The number of esters is 2. The summed E-state index contributed by atoms with van der Waals surface area (Å²) >= 11 is 0. The number of hydrogen-bond donors (Lipinski definition) is 0. The first-order valence-corrected chi connectivity index (χ1v) is 25.8. The molecule has 0 heterocycles. The van der Waals surface area contributed by atoms with Crippen LogP contribution in [0, 0.1) is 0 Å². The normalized spacial score (nSPS) is 12.7. The minimum absolute atomic E-state index is 0.134. The lowest BCUT2D eigenvalue weighted by Gasteiger charge is -2.18. The molecule has 0 aliphatic carbocycles. The number of ether oxygens (including phenoxy) is 3. The fraction of sp³-hybridized carbons (Fsp3) is 0.782. The molecule has 0 N–H and O–H groups in total. The maximum atomic E-state index is 12.6. The summed E-state index contributed by atoms with van der Waals surface area (Å²) in [5.74, 6) is -0.385. The first-order chi connectivity index (χ1) is 29.6. The molecule has 5 nitrogen and oxygen atoms in total. The highest BCUT2D eigenvalue weighted by molar-refractivity contribution is 5.69. The standard InChI is InChI=1S/C55H98O5/c1-4-7-10-13-16-19-22-25-27-29-32-35-38-41-44-47-50-58-53(51-59-54(56)48-45-42-39-36-33-30-24-21-18-15-12-9-6-3)52-60-55(57)49-46-43-40-37-34-31-28-26-23-20-17-14-11-8-5-2/h8,11,17,20-21,24,26,28,34,37,53H,4-7,9-10,12-16,18-19,22-23,25,27,29-33,35-36,38-52H2,1-3H3/b11-8-,20-17-,24-21-,28-26-,37-34-/t53-/m0/s1. The van der Waals surface area contributed by atoms with Gasteiger partial charge < -0.3 is 14.2 Å². The van der Waals surface area contributed by atoms with Gasteiger partial charge in [0.1, 0.15) is 19.3 Å². The molecule has 0 aliphatic heterocycles. The van der Waals surface area contributed by atoms with Gasteiger partial charge in [0.2, 0.25) is 0 Å². The number of carbonyl (C=O) groups is 2. The topological polar surface area (TPSA) is 61.8 Å². The molecule has 0 unspecified atom stereocenters. The average Bonchev–Trinajstić information content (AvgIpc) is 3.25. The number of carbonyl (C=O) groups excluding carboxylic acids is 2. The molecule has 0 radical (unpaired) electrons. The predicted molar refractivity (Wildman–Crippen MR) is 261 cm³/mol. The average molecular weight is 839 g/mol. The number of hydrogen-bond acceptors (Lipinski definition) is 5. The molecule has 0 aliphatic rings. The van der Waals surface area contributed by atoms with Crippen LogP contribution in [-0.4, -0.2) is 37.9 Å². The second-order valence-corrected chi connectivity index (χ2v) is 17.0. The quantitative estimate of drug-likeness (QED) is 0.0347. The van der Waals surface area contributed by atoms with Gasteiger partial charge in [-0.15, -0.1) is 0 Å². The van der Waals surface area contributed by atoms with Crippen LogP contribution < -0.4 is 0 Å². The summed E-state index contributed by atoms with van der Waals surface area (Å²) < 4.78 is 17.4. The monoisotopic (exact) mass is 839 g/mol. The highest BCUT2D eigenvalue weighted by Crippen LogP contribution is 2.15. The Hall–Kier alpha value is -2.40. The Bertz CT molecular complexity index is 1040. The van der Waals surface area contributed by atoms with E-state index in [0.29, 0.717) is 19.4 Å². The van der Waals surface area contributed by atoms with Gasteiger partial charge in [-0.3, -0.25) is 9.59 Å². The molecule has 0 aromatic carbocycles. The highest BCUT2D eigenvalue weighted by atomic mass is 16.6. The Kier molecular flexibility index (Phi) is 48.9. The number of allylic oxidation sites excluding steroid dienone is 10. The van der Waals surface area contributed by atoms with E-state index in [1.54, 1.807) is 0 Å². The van der Waals surface area contributed by atoms with Crippen LogP contribution in [0.1, 0.15) is 252 Å². The van der Waals surface area contributed by atoms with Crippen molar-refractivity contribution in [2.75, 3.05) is 19.8 Å². The Labute approximate surface area is 373 Å². The maximum Gasteiger partial charge on any atom is 0.305 e. The van der Waals surface area contributed by atoms with Crippen molar-refractivity contribution in [2.45, 2.75) is 258 Å². The van der Waals surface area contributed by atoms with Gasteiger partial charge in [-0.1, -0.05) is 216 Å². The summed E-state index contributed by atoms with van der Waals surface area (Å²) in [4.78, 5) is 25.2. The molecule has 0 rings (SSSR count). The lowest BCUT2D eigenvalue weighted by Crippen LogP contribution is -2.29. The predicted octanol–water partition coefficient (Wildman–Crippen LogP) is 17.3. The molecule has 0 fully saturated rings. The molecular weight excluding hydrogens is 741 g/mol. The molecule has 5 heteroatoms. The summed E-state index contributed by atoms with van der Waals surface area (Å²) in [7, 11) is 0. The summed E-state index contributed by atoms with van der Waals surface area (Å²) in [6, 6.07) is 0. The second-order valence-electron chi connectivity index (χ2n) is 17.0. The van der Waals surface area contributed by atoms with E-state index in [0.717, 1.165) is 83.5 Å². The molecule has 1 atom stereocenters. The molecule has 0 saturated carbocycles. The highest BCUT2D eigenvalue weighted by Gasteiger charge is 2.16. The summed E-state index contributed by atoms with van der Waals surface area (Å²) in [5, 5.41) is 0. The van der Waals surface area contributed by atoms with E-state index in [2.05, 4.69) is 81.5 Å². The summed E-state index contributed by atoms with van der Waals surface area (Å²) in [6.45, 7) is 7.57. The van der Waals surface area contributed by atoms with E-state index in [4.69, 9.17) is 14.2 Å². The van der Waals surface area contributed by atoms with E-state index >= 15 is 0 Å². The van der Waals surface area contributed by atoms with Gasteiger partial charge in [0.15, 0.2) is 0 Å². The van der Waals surface area contributed by atoms with E-state index in [9.17, 15) is 9.59 Å². The molecule has 0 spiro atoms. The molecular formula is C55H98O5. The Morgan fingerprint density at radius 2 is 0.683 bits per heavy atom. The second kappa shape index (κ2) is 51.0. The van der Waals surface area contributed by atoms with Crippen LogP contribution in [0.4, 0.5) is 0 Å². The van der Waals surface area contributed by atoms with Crippen LogP contribution in [0.2, 0.25) is 0 Å². The number of unbranched alkanes of at least 4 members (excludes halogenated alkanes) is 26. The van der Waals surface area contributed by atoms with Gasteiger partial charge in [0.25, 0.3) is 0 Å². The van der Waals surface area contributed by atoms with Gasteiger partial charge in [0.05, 0.1) is 0 Å². The third-order valence-corrected chi connectivity index (χ3v) is 11.1. The van der Waals surface area contributed by atoms with E-state index in [1.807, 2.05) is 0 Å². The Balaban J connectivity index is 4.32. The van der Waals surface area contributed by atoms with Crippen LogP contribution in [0.25, 0.3) is 0 Å². The molecule has 348 valence electrons. The van der Waals surface area contributed by atoms with Gasteiger partial charge in [-0.05, 0) is 83.5 Å². The van der Waals surface area contributed by atoms with E-state index in [-0.39, 0.29) is 25.2 Å². The lowest BCUT2D eigenvalue weighted by molar-refractivity contribution is -0.155. The maximum absolute atomic E-state index is 12.6. The van der Waals surface area contributed by atoms with Crippen molar-refractivity contribution in [1.29, 1.82) is 0 Å². The van der Waals surface area contributed by atoms with Crippen molar-refractivity contribution in [1.82, 2.24) is 0 Å². The van der Waals surface area contributed by atoms with Crippen molar-refractivity contribution < 1.29 is 23.8 Å². The molecule has 60 heavy (non-hydrogen) atoms. The first kappa shape index (κ1) is 57.6. The fourth-order valence-corrected chi connectivity index (χ4v) is 7.18. The van der Waals surface area contributed by atoms with Crippen molar-refractivity contribution in [3.63, 3.8) is 0 Å². The minimum atomic E-state index is -0.418. The van der Waals surface area contributed by atoms with Crippen molar-refractivity contribution in [3.05, 3.63) is 60.8 Å². The third kappa shape index (κ3) is 48.3. The summed E-state index contributed by atoms with van der Waals surface area (Å²) in [5.41, 5.74) is 0. The summed E-state index contributed by atoms with van der Waals surface area (Å²) in [6.07, 6.45) is 63.9. The molecule has 0 aromatic rings. The van der Waals surface area contributed by atoms with Gasteiger partial charge in [-0.25, -0.2) is 0 Å². The van der Waals surface area contributed by atoms with Crippen LogP contribution in [0.3, 0.4) is 0 Å².